The van der Waals surface area contributed by atoms with Crippen LogP contribution in [0.3, 0.4) is 0 Å². The molecule has 2 unspecified atom stereocenters. The number of carbonyl (C=O) groups excluding carboxylic acids is 1. The predicted molar refractivity (Wildman–Crippen MR) is 86.4 cm³/mol. The minimum atomic E-state index is -0.472. The lowest BCUT2D eigenvalue weighted by atomic mass is 9.81. The molecule has 2 aromatic rings. The van der Waals surface area contributed by atoms with Crippen molar-refractivity contribution in [2.45, 2.75) is 38.5 Å². The number of aromatic nitrogens is 3. The van der Waals surface area contributed by atoms with Gasteiger partial charge in [0, 0.05) is 17.8 Å². The van der Waals surface area contributed by atoms with Gasteiger partial charge in [0.1, 0.15) is 15.9 Å². The quantitative estimate of drug-likeness (QED) is 0.826. The lowest BCUT2D eigenvalue weighted by Gasteiger charge is -2.26. The maximum absolute atomic E-state index is 12.1. The molecule has 0 bridgehead atoms. The standard InChI is InChI=1S/C15H19BrN4O2/c1-14(4-5-15(2,8-14)13(21)22-3)12-19-10(16)9-11(17)18-6-7-20(9)12/h6-7H,4-5,8H2,1-3H3,(H2,17,18). The first-order valence-corrected chi connectivity index (χ1v) is 7.97. The second kappa shape index (κ2) is 4.94. The van der Waals surface area contributed by atoms with Crippen LogP contribution in [0.2, 0.25) is 0 Å². The molecule has 0 radical (unpaired) electrons. The molecule has 1 saturated carbocycles. The molecule has 1 aliphatic carbocycles. The van der Waals surface area contributed by atoms with Crippen LogP contribution in [0.5, 0.6) is 0 Å². The van der Waals surface area contributed by atoms with Crippen LogP contribution in [0.15, 0.2) is 17.0 Å². The molecule has 0 amide bonds. The van der Waals surface area contributed by atoms with Crippen LogP contribution in [0.25, 0.3) is 5.52 Å². The lowest BCUT2D eigenvalue weighted by molar-refractivity contribution is -0.151. The first-order chi connectivity index (χ1) is 10.3. The molecule has 2 heterocycles. The molecule has 7 heteroatoms. The van der Waals surface area contributed by atoms with Gasteiger partial charge in [0.2, 0.25) is 0 Å². The fourth-order valence-corrected chi connectivity index (χ4v) is 4.21. The summed E-state index contributed by atoms with van der Waals surface area (Å²) in [6, 6.07) is 0. The van der Waals surface area contributed by atoms with E-state index in [1.807, 2.05) is 17.5 Å². The number of imidazole rings is 1. The molecular formula is C15H19BrN4O2. The number of rotatable bonds is 2. The van der Waals surface area contributed by atoms with Crippen LogP contribution >= 0.6 is 15.9 Å². The Bertz CT molecular complexity index is 759. The van der Waals surface area contributed by atoms with Gasteiger partial charge in [-0.2, -0.15) is 0 Å². The zero-order chi connectivity index (χ0) is 16.1. The van der Waals surface area contributed by atoms with Crippen LogP contribution < -0.4 is 5.73 Å². The summed E-state index contributed by atoms with van der Waals surface area (Å²) in [5, 5.41) is 0. The van der Waals surface area contributed by atoms with Crippen molar-refractivity contribution in [3.05, 3.63) is 22.8 Å². The monoisotopic (exact) mass is 366 g/mol. The van der Waals surface area contributed by atoms with Crippen LogP contribution in [-0.4, -0.2) is 27.4 Å². The summed E-state index contributed by atoms with van der Waals surface area (Å²) in [4.78, 5) is 20.9. The number of esters is 1. The Hall–Kier alpha value is -1.63. The highest BCUT2D eigenvalue weighted by atomic mass is 79.9. The number of carbonyl (C=O) groups is 1. The van der Waals surface area contributed by atoms with Gasteiger partial charge in [-0.1, -0.05) is 6.92 Å². The number of anilines is 1. The second-order valence-corrected chi connectivity index (χ2v) is 7.30. The van der Waals surface area contributed by atoms with Crippen LogP contribution in [0.4, 0.5) is 5.82 Å². The number of nitrogens with two attached hydrogens (primary N) is 1. The van der Waals surface area contributed by atoms with Gasteiger partial charge < -0.3 is 10.5 Å². The van der Waals surface area contributed by atoms with E-state index < -0.39 is 5.41 Å². The normalized spacial score (nSPS) is 28.2. The first kappa shape index (κ1) is 15.3. The van der Waals surface area contributed by atoms with E-state index >= 15 is 0 Å². The number of halogens is 1. The van der Waals surface area contributed by atoms with Crippen molar-refractivity contribution in [2.24, 2.45) is 5.41 Å². The van der Waals surface area contributed by atoms with Gasteiger partial charge in [-0.3, -0.25) is 9.20 Å². The van der Waals surface area contributed by atoms with Crippen molar-refractivity contribution in [1.82, 2.24) is 14.4 Å². The van der Waals surface area contributed by atoms with Crippen LogP contribution in [-0.2, 0) is 14.9 Å². The van der Waals surface area contributed by atoms with Crippen LogP contribution in [0, 0.1) is 5.41 Å². The van der Waals surface area contributed by atoms with E-state index in [4.69, 9.17) is 10.5 Å². The summed E-state index contributed by atoms with van der Waals surface area (Å²) >= 11 is 3.47. The second-order valence-electron chi connectivity index (χ2n) is 6.55. The average Bonchev–Trinajstić information content (AvgIpc) is 2.99. The van der Waals surface area contributed by atoms with Gasteiger partial charge in [0.25, 0.3) is 0 Å². The van der Waals surface area contributed by atoms with E-state index in [1.54, 1.807) is 6.20 Å². The number of ether oxygens (including phenoxy) is 1. The Balaban J connectivity index is 2.09. The Labute approximate surface area is 137 Å². The van der Waals surface area contributed by atoms with E-state index in [-0.39, 0.29) is 11.4 Å². The highest BCUT2D eigenvalue weighted by Gasteiger charge is 2.50. The molecule has 2 aromatic heterocycles. The van der Waals surface area contributed by atoms with Gasteiger partial charge in [-0.05, 0) is 42.1 Å². The van der Waals surface area contributed by atoms with Crippen molar-refractivity contribution in [3.63, 3.8) is 0 Å². The van der Waals surface area contributed by atoms with Crippen molar-refractivity contribution in [3.8, 4) is 0 Å². The topological polar surface area (TPSA) is 82.5 Å². The molecule has 1 fully saturated rings. The van der Waals surface area contributed by atoms with Gasteiger partial charge in [-0.15, -0.1) is 0 Å². The lowest BCUT2D eigenvalue weighted by Crippen LogP contribution is -2.30. The summed E-state index contributed by atoms with van der Waals surface area (Å²) in [7, 11) is 1.44. The third-order valence-electron chi connectivity index (χ3n) is 4.77. The van der Waals surface area contributed by atoms with Crippen molar-refractivity contribution in [1.29, 1.82) is 0 Å². The Kier molecular flexibility index (Phi) is 3.43. The molecule has 2 atom stereocenters. The van der Waals surface area contributed by atoms with Crippen molar-refractivity contribution >= 4 is 33.2 Å². The molecule has 0 aliphatic heterocycles. The Morgan fingerprint density at radius 2 is 2.18 bits per heavy atom. The molecule has 2 N–H and O–H groups in total. The minimum Gasteiger partial charge on any atom is -0.469 e. The first-order valence-electron chi connectivity index (χ1n) is 7.18. The summed E-state index contributed by atoms with van der Waals surface area (Å²) < 4.78 is 7.62. The number of hydrogen-bond acceptors (Lipinski definition) is 5. The van der Waals surface area contributed by atoms with Gasteiger partial charge in [0.05, 0.1) is 12.5 Å². The van der Waals surface area contributed by atoms with Gasteiger partial charge in [0.15, 0.2) is 5.82 Å². The molecule has 1 aliphatic rings. The van der Waals surface area contributed by atoms with E-state index in [1.165, 1.54) is 7.11 Å². The summed E-state index contributed by atoms with van der Waals surface area (Å²) in [6.45, 7) is 4.10. The number of hydrogen-bond donors (Lipinski definition) is 1. The minimum absolute atomic E-state index is 0.155. The Morgan fingerprint density at radius 3 is 2.86 bits per heavy atom. The maximum atomic E-state index is 12.1. The molecule has 0 aromatic carbocycles. The largest absolute Gasteiger partial charge is 0.469 e. The number of methoxy groups -OCH3 is 1. The summed E-state index contributed by atoms with van der Waals surface area (Å²) in [5.74, 6) is 1.18. The number of nitrogens with zero attached hydrogens (tertiary/aromatic N) is 3. The average molecular weight is 367 g/mol. The molecule has 118 valence electrons. The molecule has 0 saturated heterocycles. The zero-order valence-electron chi connectivity index (χ0n) is 12.9. The zero-order valence-corrected chi connectivity index (χ0v) is 14.5. The summed E-state index contributed by atoms with van der Waals surface area (Å²) in [5.41, 5.74) is 6.04. The third kappa shape index (κ3) is 2.10. The molecule has 0 spiro atoms. The van der Waals surface area contributed by atoms with Crippen molar-refractivity contribution in [2.75, 3.05) is 12.8 Å². The van der Waals surface area contributed by atoms with Gasteiger partial charge in [-0.25, -0.2) is 9.97 Å². The summed E-state index contributed by atoms with van der Waals surface area (Å²) in [6.07, 6.45) is 5.87. The van der Waals surface area contributed by atoms with E-state index in [2.05, 4.69) is 32.8 Å². The van der Waals surface area contributed by atoms with E-state index in [0.717, 1.165) is 24.2 Å². The van der Waals surface area contributed by atoms with Crippen molar-refractivity contribution < 1.29 is 9.53 Å². The SMILES string of the molecule is COC(=O)C1(C)CCC(C)(c2nc(Br)c3c(N)nccn23)C1. The molecule has 3 rings (SSSR count). The molecular weight excluding hydrogens is 348 g/mol. The fourth-order valence-electron chi connectivity index (χ4n) is 3.65. The molecule has 6 nitrogen and oxygen atoms in total. The number of fused-ring (bicyclic) bond motifs is 1. The van der Waals surface area contributed by atoms with Crippen LogP contribution in [0.1, 0.15) is 38.9 Å². The smallest absolute Gasteiger partial charge is 0.311 e. The maximum Gasteiger partial charge on any atom is 0.311 e. The fraction of sp³-hybridized carbons (Fsp3) is 0.533. The number of nitrogen functional groups attached to an aromatic ring is 1. The highest BCUT2D eigenvalue weighted by molar-refractivity contribution is 9.10. The van der Waals surface area contributed by atoms with Gasteiger partial charge >= 0.3 is 5.97 Å². The third-order valence-corrected chi connectivity index (χ3v) is 5.32. The Morgan fingerprint density at radius 1 is 1.45 bits per heavy atom. The molecule has 22 heavy (non-hydrogen) atoms. The predicted octanol–water partition coefficient (Wildman–Crippen LogP) is 2.69. The van der Waals surface area contributed by atoms with E-state index in [9.17, 15) is 4.79 Å². The van der Waals surface area contributed by atoms with E-state index in [0.29, 0.717) is 16.8 Å². The highest BCUT2D eigenvalue weighted by Crippen LogP contribution is 2.51.